The quantitative estimate of drug-likeness (QED) is 0.943. The lowest BCUT2D eigenvalue weighted by molar-refractivity contribution is -0.121. The summed E-state index contributed by atoms with van der Waals surface area (Å²) in [5.74, 6) is 0.311. The van der Waals surface area contributed by atoms with Crippen molar-refractivity contribution in [2.24, 2.45) is 0 Å². The number of aromatic nitrogens is 2. The van der Waals surface area contributed by atoms with Gasteiger partial charge in [-0.25, -0.2) is 9.97 Å². The molecule has 0 radical (unpaired) electrons. The molecule has 3 rings (SSSR count). The maximum absolute atomic E-state index is 12.4. The number of carbonyl (C=O) groups excluding carboxylic acids is 1. The number of hydrogen-bond donors (Lipinski definition) is 1. The highest BCUT2D eigenvalue weighted by atomic mass is 32.1. The first kappa shape index (κ1) is 14.2. The van der Waals surface area contributed by atoms with Gasteiger partial charge in [-0.15, -0.1) is 11.3 Å². The predicted octanol–water partition coefficient (Wildman–Crippen LogP) is 2.70. The monoisotopic (exact) mass is 302 g/mol. The Morgan fingerprint density at radius 3 is 2.95 bits per heavy atom. The van der Waals surface area contributed by atoms with E-state index in [4.69, 9.17) is 0 Å². The van der Waals surface area contributed by atoms with Crippen molar-refractivity contribution in [3.8, 4) is 0 Å². The van der Waals surface area contributed by atoms with E-state index in [1.165, 1.54) is 4.88 Å². The van der Waals surface area contributed by atoms with Crippen molar-refractivity contribution in [3.05, 3.63) is 40.8 Å². The molecular formula is C15H18N4OS. The number of carbonyl (C=O) groups is 1. The van der Waals surface area contributed by atoms with Gasteiger partial charge < -0.3 is 0 Å². The summed E-state index contributed by atoms with van der Waals surface area (Å²) >= 11 is 1.76. The largest absolute Gasteiger partial charge is 0.293 e. The lowest BCUT2D eigenvalue weighted by Crippen LogP contribution is -2.41. The summed E-state index contributed by atoms with van der Waals surface area (Å²) in [6.07, 6.45) is 5.48. The topological polar surface area (TPSA) is 58.1 Å². The number of likely N-dealkylation sites (tertiary alicyclic amines) is 1. The minimum Gasteiger partial charge on any atom is -0.293 e. The standard InChI is InChI=1S/C15H18N4OS/c1-11(14(20)18-15-16-7-4-8-17-15)19-9-2-5-12(19)13-6-3-10-21-13/h3-4,6-8,10-12H,2,5,9H2,1H3,(H,16,17,18,20)/t11-,12-/m0/s1. The van der Waals surface area contributed by atoms with Crippen LogP contribution in [0.25, 0.3) is 0 Å². The molecule has 21 heavy (non-hydrogen) atoms. The second kappa shape index (κ2) is 6.32. The normalized spacial score (nSPS) is 20.3. The van der Waals surface area contributed by atoms with Crippen LogP contribution in [0.4, 0.5) is 5.95 Å². The molecule has 0 bridgehead atoms. The molecule has 0 saturated carbocycles. The van der Waals surface area contributed by atoms with E-state index in [1.54, 1.807) is 29.8 Å². The molecule has 0 unspecified atom stereocenters. The Kier molecular flexibility index (Phi) is 4.26. The first-order chi connectivity index (χ1) is 10.3. The molecule has 6 heteroatoms. The zero-order valence-corrected chi connectivity index (χ0v) is 12.7. The van der Waals surface area contributed by atoms with Gasteiger partial charge >= 0.3 is 0 Å². The minimum absolute atomic E-state index is 0.0512. The summed E-state index contributed by atoms with van der Waals surface area (Å²) in [6.45, 7) is 2.90. The van der Waals surface area contributed by atoms with Crippen LogP contribution in [0.2, 0.25) is 0 Å². The fourth-order valence-corrected chi connectivity index (χ4v) is 3.65. The molecule has 1 aliphatic heterocycles. The van der Waals surface area contributed by atoms with Gasteiger partial charge in [0.1, 0.15) is 0 Å². The van der Waals surface area contributed by atoms with E-state index < -0.39 is 0 Å². The molecule has 2 aromatic heterocycles. The van der Waals surface area contributed by atoms with Gasteiger partial charge in [-0.1, -0.05) is 6.07 Å². The molecule has 5 nitrogen and oxygen atoms in total. The number of nitrogens with zero attached hydrogens (tertiary/aromatic N) is 3. The van der Waals surface area contributed by atoms with E-state index in [0.29, 0.717) is 12.0 Å². The van der Waals surface area contributed by atoms with Gasteiger partial charge in [0.05, 0.1) is 6.04 Å². The third kappa shape index (κ3) is 3.11. The predicted molar refractivity (Wildman–Crippen MR) is 83.1 cm³/mol. The Balaban J connectivity index is 1.69. The van der Waals surface area contributed by atoms with Crippen LogP contribution in [0.3, 0.4) is 0 Å². The zero-order chi connectivity index (χ0) is 14.7. The molecule has 1 fully saturated rings. The van der Waals surface area contributed by atoms with E-state index in [2.05, 4.69) is 37.7 Å². The highest BCUT2D eigenvalue weighted by molar-refractivity contribution is 7.10. The van der Waals surface area contributed by atoms with Crippen molar-refractivity contribution in [1.82, 2.24) is 14.9 Å². The third-order valence-electron chi connectivity index (χ3n) is 3.84. The van der Waals surface area contributed by atoms with Crippen LogP contribution < -0.4 is 5.32 Å². The van der Waals surface area contributed by atoms with Crippen molar-refractivity contribution in [2.45, 2.75) is 31.8 Å². The second-order valence-corrected chi connectivity index (χ2v) is 6.13. The van der Waals surface area contributed by atoms with Gasteiger partial charge in [-0.3, -0.25) is 15.0 Å². The summed E-state index contributed by atoms with van der Waals surface area (Å²) in [5.41, 5.74) is 0. The lowest BCUT2D eigenvalue weighted by atomic mass is 10.1. The summed E-state index contributed by atoms with van der Waals surface area (Å²) in [5, 5.41) is 4.88. The first-order valence-electron chi connectivity index (χ1n) is 7.13. The molecular weight excluding hydrogens is 284 g/mol. The van der Waals surface area contributed by atoms with Crippen LogP contribution in [0, 0.1) is 0 Å². The van der Waals surface area contributed by atoms with Gasteiger partial charge in [-0.2, -0.15) is 0 Å². The molecule has 3 heterocycles. The molecule has 0 spiro atoms. The number of hydrogen-bond acceptors (Lipinski definition) is 5. The fourth-order valence-electron chi connectivity index (χ4n) is 2.77. The Labute approximate surface area is 128 Å². The molecule has 0 aliphatic carbocycles. The number of anilines is 1. The van der Waals surface area contributed by atoms with Crippen LogP contribution in [0.1, 0.15) is 30.7 Å². The van der Waals surface area contributed by atoms with Gasteiger partial charge in [-0.05, 0) is 43.8 Å². The Morgan fingerprint density at radius 2 is 2.24 bits per heavy atom. The van der Waals surface area contributed by atoms with Crippen molar-refractivity contribution < 1.29 is 4.79 Å². The maximum Gasteiger partial charge on any atom is 0.243 e. The Morgan fingerprint density at radius 1 is 1.43 bits per heavy atom. The summed E-state index contributed by atoms with van der Waals surface area (Å²) in [7, 11) is 0. The molecule has 1 amide bonds. The van der Waals surface area contributed by atoms with E-state index >= 15 is 0 Å². The minimum atomic E-state index is -0.191. The number of thiophene rings is 1. The lowest BCUT2D eigenvalue weighted by Gasteiger charge is -2.29. The van der Waals surface area contributed by atoms with Gasteiger partial charge in [0.25, 0.3) is 0 Å². The zero-order valence-electron chi connectivity index (χ0n) is 11.9. The third-order valence-corrected chi connectivity index (χ3v) is 4.82. The van der Waals surface area contributed by atoms with Crippen LogP contribution >= 0.6 is 11.3 Å². The van der Waals surface area contributed by atoms with E-state index in [1.807, 2.05) is 6.92 Å². The average molecular weight is 302 g/mol. The van der Waals surface area contributed by atoms with Crippen LogP contribution in [0.5, 0.6) is 0 Å². The Hall–Kier alpha value is -1.79. The Bertz CT molecular complexity index is 587. The van der Waals surface area contributed by atoms with Crippen molar-refractivity contribution in [2.75, 3.05) is 11.9 Å². The molecule has 110 valence electrons. The van der Waals surface area contributed by atoms with Crippen LogP contribution in [0.15, 0.2) is 36.0 Å². The van der Waals surface area contributed by atoms with Crippen molar-refractivity contribution >= 4 is 23.2 Å². The average Bonchev–Trinajstić information content (AvgIpc) is 3.18. The number of amides is 1. The molecule has 0 aromatic carbocycles. The highest BCUT2D eigenvalue weighted by Gasteiger charge is 2.33. The molecule has 2 aromatic rings. The highest BCUT2D eigenvalue weighted by Crippen LogP contribution is 2.35. The first-order valence-corrected chi connectivity index (χ1v) is 8.00. The molecule has 1 N–H and O–H groups in total. The maximum atomic E-state index is 12.4. The molecule has 2 atom stereocenters. The van der Waals surface area contributed by atoms with E-state index in [-0.39, 0.29) is 11.9 Å². The van der Waals surface area contributed by atoms with E-state index in [9.17, 15) is 4.79 Å². The van der Waals surface area contributed by atoms with Gasteiger partial charge in [0.15, 0.2) is 0 Å². The van der Waals surface area contributed by atoms with E-state index in [0.717, 1.165) is 19.4 Å². The smallest absolute Gasteiger partial charge is 0.243 e. The van der Waals surface area contributed by atoms with Crippen molar-refractivity contribution in [3.63, 3.8) is 0 Å². The van der Waals surface area contributed by atoms with Crippen molar-refractivity contribution in [1.29, 1.82) is 0 Å². The number of rotatable bonds is 4. The van der Waals surface area contributed by atoms with Gasteiger partial charge in [0.2, 0.25) is 11.9 Å². The number of nitrogens with one attached hydrogen (secondary N) is 1. The summed E-state index contributed by atoms with van der Waals surface area (Å²) in [6, 6.07) is 6.11. The molecule has 1 aliphatic rings. The van der Waals surface area contributed by atoms with Gasteiger partial charge in [0, 0.05) is 23.3 Å². The SMILES string of the molecule is C[C@@H](C(=O)Nc1ncccn1)N1CCC[C@H]1c1cccs1. The molecule has 1 saturated heterocycles. The summed E-state index contributed by atoms with van der Waals surface area (Å²) in [4.78, 5) is 24.1. The van der Waals surface area contributed by atoms with Crippen LogP contribution in [-0.4, -0.2) is 33.4 Å². The summed E-state index contributed by atoms with van der Waals surface area (Å²) < 4.78 is 0. The van der Waals surface area contributed by atoms with Crippen LogP contribution in [-0.2, 0) is 4.79 Å². The fraction of sp³-hybridized carbons (Fsp3) is 0.400. The second-order valence-electron chi connectivity index (χ2n) is 5.15.